The molecule has 1 aliphatic rings. The molecule has 0 saturated heterocycles. The average molecular weight is 453 g/mol. The SMILES string of the molecule is CC(=O)c1cn(C2CC2)c2c(OC(C)C)c(NCCCc3ccccn3)c(F)c(N)c2c1=O. The standard InChI is InChI=1S/C25H29FN4O3/c1-14(2)33-25-22(29-12-6-8-16-7-4-5-11-28-16)20(26)21(27)19-23(25)30(17-9-10-17)13-18(15(3)31)24(19)32/h4-5,7,11,13-14,17,29H,6,8-10,12,27H2,1-3H3. The number of ketones is 1. The van der Waals surface area contributed by atoms with E-state index in [1.54, 1.807) is 12.4 Å². The monoisotopic (exact) mass is 452 g/mol. The number of halogens is 1. The first-order valence-corrected chi connectivity index (χ1v) is 11.3. The van der Waals surface area contributed by atoms with Crippen molar-refractivity contribution >= 4 is 28.1 Å². The molecule has 1 fully saturated rings. The maximum atomic E-state index is 15.5. The van der Waals surface area contributed by atoms with Crippen LogP contribution in [0, 0.1) is 5.82 Å². The van der Waals surface area contributed by atoms with E-state index in [4.69, 9.17) is 10.5 Å². The number of hydrogen-bond donors (Lipinski definition) is 2. The van der Waals surface area contributed by atoms with Gasteiger partial charge in [-0.15, -0.1) is 0 Å². The molecule has 2 heterocycles. The molecular weight excluding hydrogens is 423 g/mol. The maximum Gasteiger partial charge on any atom is 0.202 e. The van der Waals surface area contributed by atoms with Crippen LogP contribution in [0.3, 0.4) is 0 Å². The van der Waals surface area contributed by atoms with Crippen molar-refractivity contribution in [2.45, 2.75) is 58.6 Å². The normalized spacial score (nSPS) is 13.5. The van der Waals surface area contributed by atoms with Gasteiger partial charge in [-0.05, 0) is 58.6 Å². The second-order valence-electron chi connectivity index (χ2n) is 8.74. The quantitative estimate of drug-likeness (QED) is 0.282. The van der Waals surface area contributed by atoms with Gasteiger partial charge in [0.1, 0.15) is 5.69 Å². The Labute approximate surface area is 191 Å². The topological polar surface area (TPSA) is 99.2 Å². The summed E-state index contributed by atoms with van der Waals surface area (Å²) in [6.45, 7) is 5.48. The number of nitrogens with zero attached hydrogens (tertiary/aromatic N) is 2. The molecule has 0 amide bonds. The van der Waals surface area contributed by atoms with Crippen LogP contribution in [0.2, 0.25) is 0 Å². The Bertz CT molecular complexity index is 1250. The smallest absolute Gasteiger partial charge is 0.202 e. The van der Waals surface area contributed by atoms with Crippen molar-refractivity contribution in [1.29, 1.82) is 0 Å². The Balaban J connectivity index is 1.81. The fraction of sp³-hybridized carbons (Fsp3) is 0.400. The molecule has 0 unspecified atom stereocenters. The largest absolute Gasteiger partial charge is 0.486 e. The Morgan fingerprint density at radius 3 is 2.73 bits per heavy atom. The zero-order valence-corrected chi connectivity index (χ0v) is 19.2. The molecule has 1 saturated carbocycles. The van der Waals surface area contributed by atoms with Crippen LogP contribution in [0.5, 0.6) is 5.75 Å². The number of aryl methyl sites for hydroxylation is 1. The minimum absolute atomic E-state index is 0.00165. The molecule has 3 aromatic rings. The molecule has 0 atom stereocenters. The van der Waals surface area contributed by atoms with Crippen LogP contribution in [0.25, 0.3) is 10.9 Å². The van der Waals surface area contributed by atoms with Crippen LogP contribution in [0.1, 0.15) is 62.1 Å². The molecule has 0 aliphatic heterocycles. The Morgan fingerprint density at radius 1 is 1.36 bits per heavy atom. The molecule has 0 bridgehead atoms. The minimum atomic E-state index is -0.740. The number of carbonyl (C=O) groups is 1. The number of nitrogen functional groups attached to an aromatic ring is 1. The number of Topliss-reactive ketones (excluding diaryl/α,β-unsaturated/α-hetero) is 1. The van der Waals surface area contributed by atoms with Gasteiger partial charge in [0, 0.05) is 30.7 Å². The molecule has 1 aromatic carbocycles. The van der Waals surface area contributed by atoms with E-state index >= 15 is 4.39 Å². The van der Waals surface area contributed by atoms with Crippen molar-refractivity contribution in [2.24, 2.45) is 0 Å². The Morgan fingerprint density at radius 2 is 2.12 bits per heavy atom. The zero-order valence-electron chi connectivity index (χ0n) is 19.2. The summed E-state index contributed by atoms with van der Waals surface area (Å²) in [7, 11) is 0. The summed E-state index contributed by atoms with van der Waals surface area (Å²) in [6.07, 6.45) is 6.30. The lowest BCUT2D eigenvalue weighted by molar-refractivity contribution is 0.101. The summed E-state index contributed by atoms with van der Waals surface area (Å²) >= 11 is 0. The van der Waals surface area contributed by atoms with E-state index in [1.165, 1.54) is 6.92 Å². The number of benzene rings is 1. The lowest BCUT2D eigenvalue weighted by Crippen LogP contribution is -2.22. The number of pyridine rings is 2. The van der Waals surface area contributed by atoms with E-state index in [2.05, 4.69) is 10.3 Å². The van der Waals surface area contributed by atoms with Gasteiger partial charge in [0.15, 0.2) is 17.3 Å². The van der Waals surface area contributed by atoms with Gasteiger partial charge in [-0.25, -0.2) is 4.39 Å². The van der Waals surface area contributed by atoms with Crippen LogP contribution < -0.4 is 21.2 Å². The van der Waals surface area contributed by atoms with Gasteiger partial charge in [-0.2, -0.15) is 0 Å². The highest BCUT2D eigenvalue weighted by atomic mass is 19.1. The number of ether oxygens (including phenoxy) is 1. The average Bonchev–Trinajstić information content (AvgIpc) is 3.61. The number of nitrogens with two attached hydrogens (primary N) is 1. The number of anilines is 2. The first kappa shape index (κ1) is 22.8. The fourth-order valence-corrected chi connectivity index (χ4v) is 4.01. The highest BCUT2D eigenvalue weighted by Crippen LogP contribution is 2.45. The Hall–Kier alpha value is -3.42. The van der Waals surface area contributed by atoms with Crippen molar-refractivity contribution < 1.29 is 13.9 Å². The molecule has 1 aliphatic carbocycles. The van der Waals surface area contributed by atoms with Gasteiger partial charge in [-0.3, -0.25) is 14.6 Å². The lowest BCUT2D eigenvalue weighted by atomic mass is 10.0. The summed E-state index contributed by atoms with van der Waals surface area (Å²) < 4.78 is 23.5. The van der Waals surface area contributed by atoms with Gasteiger partial charge in [0.2, 0.25) is 5.43 Å². The van der Waals surface area contributed by atoms with Gasteiger partial charge in [-0.1, -0.05) is 6.07 Å². The molecule has 33 heavy (non-hydrogen) atoms. The first-order valence-electron chi connectivity index (χ1n) is 11.3. The number of rotatable bonds is 9. The fourth-order valence-electron chi connectivity index (χ4n) is 4.01. The predicted octanol–water partition coefficient (Wildman–Crippen LogP) is 4.49. The van der Waals surface area contributed by atoms with Crippen LogP contribution in [0.4, 0.5) is 15.8 Å². The molecule has 2 aromatic heterocycles. The third-order valence-corrected chi connectivity index (χ3v) is 5.71. The highest BCUT2D eigenvalue weighted by molar-refractivity contribution is 6.04. The second kappa shape index (κ2) is 9.21. The number of nitrogens with one attached hydrogen (secondary N) is 1. The van der Waals surface area contributed by atoms with Crippen molar-refractivity contribution in [3.8, 4) is 5.75 Å². The van der Waals surface area contributed by atoms with Crippen molar-refractivity contribution in [2.75, 3.05) is 17.6 Å². The Kier molecular flexibility index (Phi) is 6.35. The van der Waals surface area contributed by atoms with Crippen molar-refractivity contribution in [3.63, 3.8) is 0 Å². The van der Waals surface area contributed by atoms with Crippen molar-refractivity contribution in [3.05, 3.63) is 57.9 Å². The number of aromatic nitrogens is 2. The lowest BCUT2D eigenvalue weighted by Gasteiger charge is -2.23. The molecule has 0 radical (unpaired) electrons. The third-order valence-electron chi connectivity index (χ3n) is 5.71. The van der Waals surface area contributed by atoms with Crippen LogP contribution in [0.15, 0.2) is 35.4 Å². The molecule has 0 spiro atoms. The first-order chi connectivity index (χ1) is 15.8. The van der Waals surface area contributed by atoms with E-state index in [0.717, 1.165) is 25.0 Å². The number of carbonyl (C=O) groups excluding carboxylic acids is 1. The van der Waals surface area contributed by atoms with E-state index in [9.17, 15) is 9.59 Å². The minimum Gasteiger partial charge on any atom is -0.486 e. The molecule has 4 rings (SSSR count). The molecule has 8 heteroatoms. The number of hydrogen-bond acceptors (Lipinski definition) is 6. The molecule has 3 N–H and O–H groups in total. The van der Waals surface area contributed by atoms with Gasteiger partial charge < -0.3 is 20.4 Å². The second-order valence-corrected chi connectivity index (χ2v) is 8.74. The van der Waals surface area contributed by atoms with E-state index in [1.807, 2.05) is 36.6 Å². The molecular formula is C25H29FN4O3. The summed E-state index contributed by atoms with van der Waals surface area (Å²) in [5.74, 6) is -0.862. The van der Waals surface area contributed by atoms with Gasteiger partial charge in [0.05, 0.1) is 28.3 Å². The van der Waals surface area contributed by atoms with Crippen LogP contribution >= 0.6 is 0 Å². The van der Waals surface area contributed by atoms with E-state index < -0.39 is 11.2 Å². The van der Waals surface area contributed by atoms with Crippen molar-refractivity contribution in [1.82, 2.24) is 9.55 Å². The summed E-state index contributed by atoms with van der Waals surface area (Å²) in [6, 6.07) is 5.85. The summed E-state index contributed by atoms with van der Waals surface area (Å²) in [5, 5.41) is 3.15. The summed E-state index contributed by atoms with van der Waals surface area (Å²) in [4.78, 5) is 29.6. The predicted molar refractivity (Wildman–Crippen MR) is 128 cm³/mol. The van der Waals surface area contributed by atoms with E-state index in [0.29, 0.717) is 18.5 Å². The number of fused-ring (bicyclic) bond motifs is 1. The van der Waals surface area contributed by atoms with Crippen LogP contribution in [-0.2, 0) is 6.42 Å². The van der Waals surface area contributed by atoms with Crippen LogP contribution in [-0.4, -0.2) is 28.0 Å². The van der Waals surface area contributed by atoms with E-state index in [-0.39, 0.29) is 46.0 Å². The van der Waals surface area contributed by atoms with Gasteiger partial charge in [0.25, 0.3) is 0 Å². The molecule has 174 valence electrons. The summed E-state index contributed by atoms with van der Waals surface area (Å²) in [5.41, 5.74) is 6.87. The highest BCUT2D eigenvalue weighted by Gasteiger charge is 2.31. The molecule has 7 nitrogen and oxygen atoms in total. The third kappa shape index (κ3) is 4.55. The van der Waals surface area contributed by atoms with Gasteiger partial charge >= 0.3 is 0 Å². The maximum absolute atomic E-state index is 15.5. The zero-order chi connectivity index (χ0) is 23.7.